The van der Waals surface area contributed by atoms with Crippen molar-refractivity contribution < 1.29 is 4.79 Å². The van der Waals surface area contributed by atoms with E-state index in [0.29, 0.717) is 6.42 Å². The molecule has 1 N–H and O–H groups in total. The van der Waals surface area contributed by atoms with Gasteiger partial charge in [0.05, 0.1) is 22.5 Å². The molecule has 0 bridgehead atoms. The van der Waals surface area contributed by atoms with E-state index in [-0.39, 0.29) is 11.7 Å². The van der Waals surface area contributed by atoms with Crippen molar-refractivity contribution in [2.45, 2.75) is 32.2 Å². The number of hydrogen-bond donors (Lipinski definition) is 1. The van der Waals surface area contributed by atoms with E-state index in [4.69, 9.17) is 9.97 Å². The van der Waals surface area contributed by atoms with Gasteiger partial charge >= 0.3 is 0 Å². The average molecular weight is 428 g/mol. The number of amides is 1. The molecule has 5 heteroatoms. The molecule has 0 atom stereocenters. The fourth-order valence-electron chi connectivity index (χ4n) is 3.36. The molecule has 0 unspecified atom stereocenters. The molecule has 4 nitrogen and oxygen atoms in total. The van der Waals surface area contributed by atoms with Crippen LogP contribution in [0.25, 0.3) is 11.0 Å². The molecule has 0 saturated heterocycles. The second-order valence-electron chi connectivity index (χ2n) is 7.71. The van der Waals surface area contributed by atoms with Gasteiger partial charge in [-0.05, 0) is 55.7 Å². The maximum absolute atomic E-state index is 12.6. The van der Waals surface area contributed by atoms with Crippen LogP contribution in [0.3, 0.4) is 0 Å². The van der Waals surface area contributed by atoms with Crippen LogP contribution >= 0.6 is 11.8 Å². The van der Waals surface area contributed by atoms with Gasteiger partial charge in [0.1, 0.15) is 5.03 Å². The molecular weight excluding hydrogens is 402 g/mol. The standard InChI is InChI=1S/C26H25N3OS/c1-17-11-13-20(14-12-17)15-24-26(29-23-9-5-4-8-22(23)27-24)31-16-25(30)28-21-10-6-7-18(2)19(21)3/h4-14H,15-16H2,1-3H3,(H,28,30). The molecule has 31 heavy (non-hydrogen) atoms. The number of benzene rings is 3. The number of aromatic nitrogens is 2. The van der Waals surface area contributed by atoms with Gasteiger partial charge < -0.3 is 5.32 Å². The first-order chi connectivity index (χ1) is 15.0. The van der Waals surface area contributed by atoms with Gasteiger partial charge in [-0.2, -0.15) is 0 Å². The summed E-state index contributed by atoms with van der Waals surface area (Å²) in [5.41, 5.74) is 8.11. The van der Waals surface area contributed by atoms with Crippen LogP contribution in [-0.2, 0) is 11.2 Å². The number of para-hydroxylation sites is 2. The predicted octanol–water partition coefficient (Wildman–Crippen LogP) is 5.88. The summed E-state index contributed by atoms with van der Waals surface area (Å²) in [5, 5.41) is 3.83. The molecule has 4 rings (SSSR count). The molecular formula is C26H25N3OS. The van der Waals surface area contributed by atoms with Crippen LogP contribution in [0, 0.1) is 20.8 Å². The number of hydrogen-bond acceptors (Lipinski definition) is 4. The highest BCUT2D eigenvalue weighted by Crippen LogP contribution is 2.25. The molecule has 0 aliphatic carbocycles. The number of fused-ring (bicyclic) bond motifs is 1. The molecule has 1 heterocycles. The van der Waals surface area contributed by atoms with Crippen molar-refractivity contribution in [1.82, 2.24) is 9.97 Å². The number of anilines is 1. The lowest BCUT2D eigenvalue weighted by Gasteiger charge is -2.12. The molecule has 0 aliphatic heterocycles. The Bertz CT molecular complexity index is 1240. The first kappa shape index (κ1) is 21.1. The number of nitrogens with zero attached hydrogens (tertiary/aromatic N) is 2. The Kier molecular flexibility index (Phi) is 6.33. The van der Waals surface area contributed by atoms with Crippen LogP contribution < -0.4 is 5.32 Å². The fraction of sp³-hybridized carbons (Fsp3) is 0.192. The molecule has 0 fully saturated rings. The number of rotatable bonds is 6. The van der Waals surface area contributed by atoms with Gasteiger partial charge in [0.15, 0.2) is 0 Å². The minimum absolute atomic E-state index is 0.0463. The van der Waals surface area contributed by atoms with Crippen LogP contribution in [0.4, 0.5) is 5.69 Å². The van der Waals surface area contributed by atoms with Crippen LogP contribution in [0.2, 0.25) is 0 Å². The monoisotopic (exact) mass is 427 g/mol. The van der Waals surface area contributed by atoms with Crippen LogP contribution in [0.15, 0.2) is 71.8 Å². The molecule has 0 aliphatic rings. The Hall–Kier alpha value is -3.18. The minimum atomic E-state index is -0.0463. The predicted molar refractivity (Wildman–Crippen MR) is 129 cm³/mol. The fourth-order valence-corrected chi connectivity index (χ4v) is 4.14. The van der Waals surface area contributed by atoms with E-state index < -0.39 is 0 Å². The Morgan fingerprint density at radius 3 is 2.32 bits per heavy atom. The van der Waals surface area contributed by atoms with Gasteiger partial charge in [-0.25, -0.2) is 9.97 Å². The van der Waals surface area contributed by atoms with Gasteiger partial charge in [-0.1, -0.05) is 65.9 Å². The summed E-state index contributed by atoms with van der Waals surface area (Å²) in [6, 6.07) is 22.2. The number of carbonyl (C=O) groups excluding carboxylic acids is 1. The molecule has 3 aromatic carbocycles. The van der Waals surface area contributed by atoms with Crippen molar-refractivity contribution in [3.8, 4) is 0 Å². The van der Waals surface area contributed by atoms with Gasteiger partial charge in [0, 0.05) is 12.1 Å². The molecule has 0 spiro atoms. The summed E-state index contributed by atoms with van der Waals surface area (Å²) in [6.45, 7) is 6.14. The van der Waals surface area contributed by atoms with Gasteiger partial charge in [-0.3, -0.25) is 4.79 Å². The quantitative estimate of drug-likeness (QED) is 0.391. The lowest BCUT2D eigenvalue weighted by Crippen LogP contribution is -2.15. The largest absolute Gasteiger partial charge is 0.325 e. The van der Waals surface area contributed by atoms with Gasteiger partial charge in [-0.15, -0.1) is 0 Å². The van der Waals surface area contributed by atoms with Gasteiger partial charge in [0.25, 0.3) is 0 Å². The van der Waals surface area contributed by atoms with E-state index in [9.17, 15) is 4.79 Å². The number of aryl methyl sites for hydroxylation is 2. The van der Waals surface area contributed by atoms with Crippen LogP contribution in [0.5, 0.6) is 0 Å². The Morgan fingerprint density at radius 2 is 1.58 bits per heavy atom. The highest BCUT2D eigenvalue weighted by atomic mass is 32.2. The van der Waals surface area contributed by atoms with Crippen molar-refractivity contribution in [1.29, 1.82) is 0 Å². The average Bonchev–Trinajstić information content (AvgIpc) is 2.77. The molecule has 4 aromatic rings. The first-order valence-electron chi connectivity index (χ1n) is 10.3. The third-order valence-corrected chi connectivity index (χ3v) is 6.32. The van der Waals surface area contributed by atoms with E-state index in [0.717, 1.165) is 38.6 Å². The first-order valence-corrected chi connectivity index (χ1v) is 11.3. The topological polar surface area (TPSA) is 54.9 Å². The second kappa shape index (κ2) is 9.31. The lowest BCUT2D eigenvalue weighted by atomic mass is 10.1. The summed E-state index contributed by atoms with van der Waals surface area (Å²) in [6.07, 6.45) is 0.680. The number of nitrogens with one attached hydrogen (secondary N) is 1. The second-order valence-corrected chi connectivity index (χ2v) is 8.67. The van der Waals surface area contributed by atoms with E-state index in [1.165, 1.54) is 22.9 Å². The molecule has 1 aromatic heterocycles. The Labute approximate surface area is 187 Å². The van der Waals surface area contributed by atoms with Crippen molar-refractivity contribution in [2.75, 3.05) is 11.1 Å². The zero-order chi connectivity index (χ0) is 21.8. The molecule has 0 radical (unpaired) electrons. The highest BCUT2D eigenvalue weighted by Gasteiger charge is 2.13. The van der Waals surface area contributed by atoms with Crippen molar-refractivity contribution in [3.63, 3.8) is 0 Å². The summed E-state index contributed by atoms with van der Waals surface area (Å²) in [5.74, 6) is 0.233. The van der Waals surface area contributed by atoms with E-state index in [2.05, 4.69) is 36.5 Å². The normalized spacial score (nSPS) is 10.9. The minimum Gasteiger partial charge on any atom is -0.325 e. The third-order valence-electron chi connectivity index (χ3n) is 5.32. The van der Waals surface area contributed by atoms with E-state index >= 15 is 0 Å². The summed E-state index contributed by atoms with van der Waals surface area (Å²) < 4.78 is 0. The summed E-state index contributed by atoms with van der Waals surface area (Å²) in [7, 11) is 0. The van der Waals surface area contributed by atoms with Crippen molar-refractivity contribution in [2.24, 2.45) is 0 Å². The zero-order valence-corrected chi connectivity index (χ0v) is 18.8. The molecule has 0 saturated carbocycles. The van der Waals surface area contributed by atoms with Crippen LogP contribution in [0.1, 0.15) is 27.9 Å². The van der Waals surface area contributed by atoms with E-state index in [1.807, 2.05) is 56.3 Å². The smallest absolute Gasteiger partial charge is 0.234 e. The summed E-state index contributed by atoms with van der Waals surface area (Å²) in [4.78, 5) is 22.3. The maximum atomic E-state index is 12.6. The van der Waals surface area contributed by atoms with Crippen molar-refractivity contribution in [3.05, 3.63) is 94.7 Å². The SMILES string of the molecule is Cc1ccc(Cc2nc3ccccc3nc2SCC(=O)Nc2cccc(C)c2C)cc1. The number of thioether (sulfide) groups is 1. The van der Waals surface area contributed by atoms with E-state index in [1.54, 1.807) is 0 Å². The van der Waals surface area contributed by atoms with Crippen LogP contribution in [-0.4, -0.2) is 21.6 Å². The Morgan fingerprint density at radius 1 is 0.871 bits per heavy atom. The highest BCUT2D eigenvalue weighted by molar-refractivity contribution is 8.00. The molecule has 1 amide bonds. The zero-order valence-electron chi connectivity index (χ0n) is 18.0. The van der Waals surface area contributed by atoms with Gasteiger partial charge in [0.2, 0.25) is 5.91 Å². The van der Waals surface area contributed by atoms with Crippen molar-refractivity contribution >= 4 is 34.4 Å². The lowest BCUT2D eigenvalue weighted by molar-refractivity contribution is -0.113. The Balaban J connectivity index is 1.55. The summed E-state index contributed by atoms with van der Waals surface area (Å²) >= 11 is 1.44. The third kappa shape index (κ3) is 5.12. The molecule has 156 valence electrons. The maximum Gasteiger partial charge on any atom is 0.234 e. The number of carbonyl (C=O) groups is 1.